The normalized spacial score (nSPS) is 17.4. The number of hydrogen-bond acceptors (Lipinski definition) is 1. The van der Waals surface area contributed by atoms with Crippen LogP contribution in [0.5, 0.6) is 0 Å². The molecule has 0 spiro atoms. The standard InChI is InChI=1S/C19H19ClO/c1-12-10-17(18(20)11-13(12)2)19(21)16-9-5-7-14-6-3-4-8-15(14)16/h3-4,6,8,10-11,16H,5,7,9H2,1-2H3. The van der Waals surface area contributed by atoms with E-state index < -0.39 is 0 Å². The Labute approximate surface area is 131 Å². The lowest BCUT2D eigenvalue weighted by Crippen LogP contribution is -2.19. The van der Waals surface area contributed by atoms with E-state index in [1.807, 2.05) is 32.0 Å². The van der Waals surface area contributed by atoms with Gasteiger partial charge >= 0.3 is 0 Å². The maximum atomic E-state index is 13.0. The van der Waals surface area contributed by atoms with E-state index >= 15 is 0 Å². The largest absolute Gasteiger partial charge is 0.293 e. The molecule has 2 heteroatoms. The molecule has 21 heavy (non-hydrogen) atoms. The molecule has 0 aromatic heterocycles. The number of Topliss-reactive ketones (excluding diaryl/α,β-unsaturated/α-hetero) is 1. The van der Waals surface area contributed by atoms with Gasteiger partial charge in [-0.15, -0.1) is 0 Å². The van der Waals surface area contributed by atoms with Gasteiger partial charge in [0.1, 0.15) is 0 Å². The molecular formula is C19H19ClO. The van der Waals surface area contributed by atoms with Crippen LogP contribution in [0.2, 0.25) is 5.02 Å². The minimum Gasteiger partial charge on any atom is -0.293 e. The number of halogens is 1. The first-order valence-electron chi connectivity index (χ1n) is 7.46. The van der Waals surface area contributed by atoms with E-state index in [-0.39, 0.29) is 11.7 Å². The van der Waals surface area contributed by atoms with Crippen LogP contribution >= 0.6 is 11.6 Å². The molecule has 1 aliphatic rings. The molecular weight excluding hydrogens is 280 g/mol. The van der Waals surface area contributed by atoms with Crippen LogP contribution < -0.4 is 0 Å². The van der Waals surface area contributed by atoms with Crippen LogP contribution in [0.1, 0.15) is 51.4 Å². The van der Waals surface area contributed by atoms with Gasteiger partial charge < -0.3 is 0 Å². The highest BCUT2D eigenvalue weighted by molar-refractivity contribution is 6.34. The van der Waals surface area contributed by atoms with E-state index in [0.717, 1.165) is 30.4 Å². The zero-order valence-corrected chi connectivity index (χ0v) is 13.2. The van der Waals surface area contributed by atoms with Gasteiger partial charge in [0.25, 0.3) is 0 Å². The summed E-state index contributed by atoms with van der Waals surface area (Å²) in [5, 5.41) is 0.575. The van der Waals surface area contributed by atoms with Crippen molar-refractivity contribution in [3.63, 3.8) is 0 Å². The Hall–Kier alpha value is -1.60. The van der Waals surface area contributed by atoms with E-state index in [4.69, 9.17) is 11.6 Å². The zero-order chi connectivity index (χ0) is 15.0. The molecule has 0 N–H and O–H groups in total. The number of carbonyl (C=O) groups is 1. The molecule has 1 aliphatic carbocycles. The average Bonchev–Trinajstić information content (AvgIpc) is 2.49. The lowest BCUT2D eigenvalue weighted by molar-refractivity contribution is 0.0951. The molecule has 0 amide bonds. The van der Waals surface area contributed by atoms with E-state index in [2.05, 4.69) is 18.2 Å². The molecule has 0 saturated carbocycles. The molecule has 2 aromatic rings. The fourth-order valence-electron chi connectivity index (χ4n) is 3.18. The van der Waals surface area contributed by atoms with Crippen LogP contribution in [-0.4, -0.2) is 5.78 Å². The van der Waals surface area contributed by atoms with Gasteiger partial charge in [-0.05, 0) is 67.5 Å². The van der Waals surface area contributed by atoms with Crippen molar-refractivity contribution in [2.24, 2.45) is 0 Å². The Morgan fingerprint density at radius 1 is 1.14 bits per heavy atom. The highest BCUT2D eigenvalue weighted by Gasteiger charge is 2.28. The number of rotatable bonds is 2. The van der Waals surface area contributed by atoms with Crippen molar-refractivity contribution in [3.8, 4) is 0 Å². The number of carbonyl (C=O) groups excluding carboxylic acids is 1. The summed E-state index contributed by atoms with van der Waals surface area (Å²) < 4.78 is 0. The van der Waals surface area contributed by atoms with Crippen molar-refractivity contribution >= 4 is 17.4 Å². The lowest BCUT2D eigenvalue weighted by Gasteiger charge is -2.25. The fraction of sp³-hybridized carbons (Fsp3) is 0.316. The Balaban J connectivity index is 2.03. The number of ketones is 1. The van der Waals surface area contributed by atoms with Crippen LogP contribution in [-0.2, 0) is 6.42 Å². The van der Waals surface area contributed by atoms with Crippen molar-refractivity contribution in [3.05, 3.63) is 69.2 Å². The van der Waals surface area contributed by atoms with Crippen molar-refractivity contribution in [1.82, 2.24) is 0 Å². The van der Waals surface area contributed by atoms with Crippen molar-refractivity contribution in [1.29, 1.82) is 0 Å². The van der Waals surface area contributed by atoms with Crippen LogP contribution in [0.3, 0.4) is 0 Å². The minimum atomic E-state index is -0.0467. The summed E-state index contributed by atoms with van der Waals surface area (Å²) in [5.41, 5.74) is 5.40. The number of aryl methyl sites for hydroxylation is 3. The molecule has 0 fully saturated rings. The molecule has 0 heterocycles. The Bertz CT molecular complexity index is 703. The maximum Gasteiger partial charge on any atom is 0.171 e. The number of fused-ring (bicyclic) bond motifs is 1. The second-order valence-corrected chi connectivity index (χ2v) is 6.33. The van der Waals surface area contributed by atoms with Crippen LogP contribution in [0.15, 0.2) is 36.4 Å². The van der Waals surface area contributed by atoms with E-state index in [1.54, 1.807) is 0 Å². The molecule has 0 saturated heterocycles. The average molecular weight is 299 g/mol. The molecule has 0 radical (unpaired) electrons. The first-order valence-corrected chi connectivity index (χ1v) is 7.84. The lowest BCUT2D eigenvalue weighted by atomic mass is 9.78. The Morgan fingerprint density at radius 2 is 1.86 bits per heavy atom. The number of benzene rings is 2. The van der Waals surface area contributed by atoms with Gasteiger partial charge in [0, 0.05) is 11.5 Å². The molecule has 0 bridgehead atoms. The monoisotopic (exact) mass is 298 g/mol. The highest BCUT2D eigenvalue weighted by atomic mass is 35.5. The van der Waals surface area contributed by atoms with Crippen LogP contribution in [0.4, 0.5) is 0 Å². The fourth-order valence-corrected chi connectivity index (χ4v) is 3.50. The van der Waals surface area contributed by atoms with Gasteiger partial charge in [-0.2, -0.15) is 0 Å². The summed E-state index contributed by atoms with van der Waals surface area (Å²) >= 11 is 6.32. The first-order chi connectivity index (χ1) is 10.1. The third kappa shape index (κ3) is 2.63. The van der Waals surface area contributed by atoms with Crippen molar-refractivity contribution in [2.45, 2.75) is 39.0 Å². The van der Waals surface area contributed by atoms with E-state index in [1.165, 1.54) is 11.1 Å². The van der Waals surface area contributed by atoms with Gasteiger partial charge in [0.15, 0.2) is 5.78 Å². The van der Waals surface area contributed by atoms with Gasteiger partial charge in [-0.1, -0.05) is 35.9 Å². The van der Waals surface area contributed by atoms with Gasteiger partial charge in [0.05, 0.1) is 5.02 Å². The topological polar surface area (TPSA) is 17.1 Å². The van der Waals surface area contributed by atoms with E-state index in [0.29, 0.717) is 10.6 Å². The highest BCUT2D eigenvalue weighted by Crippen LogP contribution is 2.35. The smallest absolute Gasteiger partial charge is 0.171 e. The summed E-state index contributed by atoms with van der Waals surface area (Å²) in [6.45, 7) is 4.04. The molecule has 108 valence electrons. The Kier molecular flexibility index (Phi) is 3.86. The summed E-state index contributed by atoms with van der Waals surface area (Å²) in [7, 11) is 0. The van der Waals surface area contributed by atoms with Crippen LogP contribution in [0.25, 0.3) is 0 Å². The molecule has 2 aromatic carbocycles. The molecule has 1 nitrogen and oxygen atoms in total. The quantitative estimate of drug-likeness (QED) is 0.691. The maximum absolute atomic E-state index is 13.0. The second kappa shape index (κ2) is 5.65. The molecule has 0 aliphatic heterocycles. The SMILES string of the molecule is Cc1cc(Cl)c(C(=O)C2CCCc3ccccc32)cc1C. The summed E-state index contributed by atoms with van der Waals surface area (Å²) in [5.74, 6) is 0.116. The van der Waals surface area contributed by atoms with Crippen molar-refractivity contribution < 1.29 is 4.79 Å². The van der Waals surface area contributed by atoms with Crippen molar-refractivity contribution in [2.75, 3.05) is 0 Å². The molecule has 3 rings (SSSR count). The first kappa shape index (κ1) is 14.3. The number of hydrogen-bond donors (Lipinski definition) is 0. The molecule has 1 unspecified atom stereocenters. The summed E-state index contributed by atoms with van der Waals surface area (Å²) in [6.07, 6.45) is 3.05. The molecule has 1 atom stereocenters. The Morgan fingerprint density at radius 3 is 2.67 bits per heavy atom. The van der Waals surface area contributed by atoms with Crippen LogP contribution in [0, 0.1) is 13.8 Å². The summed E-state index contributed by atoms with van der Waals surface area (Å²) in [4.78, 5) is 13.0. The van der Waals surface area contributed by atoms with Gasteiger partial charge in [-0.3, -0.25) is 4.79 Å². The predicted octanol–water partition coefficient (Wildman–Crippen LogP) is 5.26. The zero-order valence-electron chi connectivity index (χ0n) is 12.4. The third-order valence-corrected chi connectivity index (χ3v) is 4.85. The third-order valence-electron chi connectivity index (χ3n) is 4.53. The van der Waals surface area contributed by atoms with Gasteiger partial charge in [0.2, 0.25) is 0 Å². The van der Waals surface area contributed by atoms with Gasteiger partial charge in [-0.25, -0.2) is 0 Å². The summed E-state index contributed by atoms with van der Waals surface area (Å²) in [6, 6.07) is 12.1. The minimum absolute atomic E-state index is 0.0467. The second-order valence-electron chi connectivity index (χ2n) is 5.92. The van der Waals surface area contributed by atoms with E-state index in [9.17, 15) is 4.79 Å². The predicted molar refractivity (Wildman–Crippen MR) is 87.4 cm³/mol.